The normalized spacial score (nSPS) is 16.5. The van der Waals surface area contributed by atoms with Gasteiger partial charge in [0.05, 0.1) is 0 Å². The summed E-state index contributed by atoms with van der Waals surface area (Å²) in [7, 11) is 0. The average molecular weight is 245 g/mol. The molecule has 1 fully saturated rings. The van der Waals surface area contributed by atoms with Gasteiger partial charge in [0.1, 0.15) is 0 Å². The Balaban J connectivity index is 1.76. The molecule has 0 atom stereocenters. The minimum Gasteiger partial charge on any atom is -0.352 e. The van der Waals surface area contributed by atoms with Crippen LogP contribution in [0.1, 0.15) is 54.4 Å². The van der Waals surface area contributed by atoms with E-state index in [0.717, 1.165) is 30.0 Å². The zero-order chi connectivity index (χ0) is 12.8. The summed E-state index contributed by atoms with van der Waals surface area (Å²) in [4.78, 5) is 12.0. The number of carbonyl (C=O) groups excluding carboxylic acids is 1. The zero-order valence-electron chi connectivity index (χ0n) is 11.2. The van der Waals surface area contributed by atoms with Gasteiger partial charge in [-0.15, -0.1) is 0 Å². The number of carbonyl (C=O) groups is 1. The molecule has 0 aromatic heterocycles. The van der Waals surface area contributed by atoms with Crippen LogP contribution in [0.5, 0.6) is 0 Å². The van der Waals surface area contributed by atoms with Gasteiger partial charge in [-0.05, 0) is 30.9 Å². The first kappa shape index (κ1) is 13.1. The van der Waals surface area contributed by atoms with Gasteiger partial charge in [-0.2, -0.15) is 0 Å². The Bertz CT molecular complexity index is 394. The molecule has 0 spiro atoms. The molecule has 98 valence electrons. The first-order valence-electron chi connectivity index (χ1n) is 7.11. The highest BCUT2D eigenvalue weighted by Gasteiger charge is 2.14. The van der Waals surface area contributed by atoms with E-state index in [4.69, 9.17) is 0 Å². The van der Waals surface area contributed by atoms with Crippen LogP contribution in [0.15, 0.2) is 24.3 Å². The van der Waals surface area contributed by atoms with Crippen LogP contribution in [0.25, 0.3) is 0 Å². The second-order valence-electron chi connectivity index (χ2n) is 5.36. The fraction of sp³-hybridized carbons (Fsp3) is 0.562. The molecule has 0 heterocycles. The summed E-state index contributed by atoms with van der Waals surface area (Å²) < 4.78 is 0. The lowest BCUT2D eigenvalue weighted by atomic mass is 9.87. The lowest BCUT2D eigenvalue weighted by Gasteiger charge is -2.21. The molecule has 1 N–H and O–H groups in total. The van der Waals surface area contributed by atoms with Crippen LogP contribution in [0.2, 0.25) is 0 Å². The molecule has 1 aromatic carbocycles. The minimum absolute atomic E-state index is 0.0731. The fourth-order valence-electron chi connectivity index (χ4n) is 2.79. The minimum atomic E-state index is 0.0731. The zero-order valence-corrected chi connectivity index (χ0v) is 11.2. The molecule has 1 saturated carbocycles. The van der Waals surface area contributed by atoms with Gasteiger partial charge in [-0.3, -0.25) is 4.79 Å². The van der Waals surface area contributed by atoms with Crippen molar-refractivity contribution in [3.63, 3.8) is 0 Å². The van der Waals surface area contributed by atoms with Crippen molar-refractivity contribution < 1.29 is 4.79 Å². The van der Waals surface area contributed by atoms with Gasteiger partial charge in [0.25, 0.3) is 5.91 Å². The summed E-state index contributed by atoms with van der Waals surface area (Å²) in [6, 6.07) is 7.76. The maximum absolute atomic E-state index is 12.0. The number of aryl methyl sites for hydroxylation is 1. The topological polar surface area (TPSA) is 29.1 Å². The number of hydrogen-bond acceptors (Lipinski definition) is 1. The number of benzene rings is 1. The van der Waals surface area contributed by atoms with Crippen molar-refractivity contribution in [3.05, 3.63) is 35.4 Å². The van der Waals surface area contributed by atoms with Crippen LogP contribution >= 0.6 is 0 Å². The highest BCUT2D eigenvalue weighted by molar-refractivity contribution is 5.95. The highest BCUT2D eigenvalue weighted by Crippen LogP contribution is 2.25. The van der Waals surface area contributed by atoms with Crippen molar-refractivity contribution in [2.45, 2.75) is 45.4 Å². The monoisotopic (exact) mass is 245 g/mol. The van der Waals surface area contributed by atoms with Crippen LogP contribution in [0, 0.1) is 12.8 Å². The lowest BCUT2D eigenvalue weighted by molar-refractivity contribution is 0.0949. The molecule has 1 aliphatic carbocycles. The maximum atomic E-state index is 12.0. The fourth-order valence-corrected chi connectivity index (χ4v) is 2.79. The van der Waals surface area contributed by atoms with Crippen molar-refractivity contribution in [2.75, 3.05) is 6.54 Å². The third-order valence-corrected chi connectivity index (χ3v) is 3.95. The molecule has 0 unspecified atom stereocenters. The molecular weight excluding hydrogens is 222 g/mol. The molecule has 1 amide bonds. The lowest BCUT2D eigenvalue weighted by Crippen LogP contribution is -2.27. The summed E-state index contributed by atoms with van der Waals surface area (Å²) in [5.41, 5.74) is 1.86. The number of amides is 1. The quantitative estimate of drug-likeness (QED) is 0.861. The van der Waals surface area contributed by atoms with Gasteiger partial charge >= 0.3 is 0 Å². The van der Waals surface area contributed by atoms with Gasteiger partial charge in [-0.1, -0.05) is 50.3 Å². The van der Waals surface area contributed by atoms with Crippen LogP contribution in [-0.2, 0) is 0 Å². The molecule has 1 aliphatic rings. The summed E-state index contributed by atoms with van der Waals surface area (Å²) in [5, 5.41) is 3.05. The van der Waals surface area contributed by atoms with E-state index in [-0.39, 0.29) is 5.91 Å². The van der Waals surface area contributed by atoms with Crippen LogP contribution in [-0.4, -0.2) is 12.5 Å². The van der Waals surface area contributed by atoms with Crippen molar-refractivity contribution in [2.24, 2.45) is 5.92 Å². The van der Waals surface area contributed by atoms with E-state index in [0.29, 0.717) is 0 Å². The van der Waals surface area contributed by atoms with Gasteiger partial charge in [0.2, 0.25) is 0 Å². The Morgan fingerprint density at radius 3 is 2.67 bits per heavy atom. The van der Waals surface area contributed by atoms with Crippen molar-refractivity contribution in [1.29, 1.82) is 0 Å². The van der Waals surface area contributed by atoms with E-state index < -0.39 is 0 Å². The van der Waals surface area contributed by atoms with Crippen molar-refractivity contribution >= 4 is 5.91 Å². The number of nitrogens with one attached hydrogen (secondary N) is 1. The first-order chi connectivity index (χ1) is 8.77. The largest absolute Gasteiger partial charge is 0.352 e. The van der Waals surface area contributed by atoms with Crippen LogP contribution < -0.4 is 5.32 Å². The SMILES string of the molecule is Cc1ccccc1C(=O)NCCC1CCCCC1. The first-order valence-corrected chi connectivity index (χ1v) is 7.11. The van der Waals surface area contributed by atoms with Crippen LogP contribution in [0.4, 0.5) is 0 Å². The Morgan fingerprint density at radius 2 is 1.94 bits per heavy atom. The van der Waals surface area contributed by atoms with Crippen molar-refractivity contribution in [1.82, 2.24) is 5.32 Å². The second kappa shape index (κ2) is 6.58. The van der Waals surface area contributed by atoms with Crippen LogP contribution in [0.3, 0.4) is 0 Å². The third-order valence-electron chi connectivity index (χ3n) is 3.95. The smallest absolute Gasteiger partial charge is 0.251 e. The predicted molar refractivity (Wildman–Crippen MR) is 74.7 cm³/mol. The van der Waals surface area contributed by atoms with E-state index >= 15 is 0 Å². The van der Waals surface area contributed by atoms with E-state index in [2.05, 4.69) is 5.32 Å². The average Bonchev–Trinajstić information content (AvgIpc) is 2.40. The molecule has 0 saturated heterocycles. The Kier molecular flexibility index (Phi) is 4.80. The Hall–Kier alpha value is -1.31. The van der Waals surface area contributed by atoms with E-state index in [1.165, 1.54) is 32.1 Å². The third kappa shape index (κ3) is 3.59. The molecule has 2 rings (SSSR count). The molecule has 2 heteroatoms. The van der Waals surface area contributed by atoms with E-state index in [9.17, 15) is 4.79 Å². The Labute approximate surface area is 110 Å². The van der Waals surface area contributed by atoms with E-state index in [1.54, 1.807) is 0 Å². The molecular formula is C16H23NO. The van der Waals surface area contributed by atoms with Gasteiger partial charge in [0, 0.05) is 12.1 Å². The summed E-state index contributed by atoms with van der Waals surface area (Å²) in [6.07, 6.45) is 7.97. The maximum Gasteiger partial charge on any atom is 0.251 e. The molecule has 0 radical (unpaired) electrons. The Morgan fingerprint density at radius 1 is 1.22 bits per heavy atom. The molecule has 18 heavy (non-hydrogen) atoms. The van der Waals surface area contributed by atoms with E-state index in [1.807, 2.05) is 31.2 Å². The summed E-state index contributed by atoms with van der Waals surface area (Å²) >= 11 is 0. The predicted octanol–water partition coefficient (Wildman–Crippen LogP) is 3.70. The standard InChI is InChI=1S/C16H23NO/c1-13-7-5-6-10-15(13)16(18)17-12-11-14-8-3-2-4-9-14/h5-7,10,14H,2-4,8-9,11-12H2,1H3,(H,17,18). The summed E-state index contributed by atoms with van der Waals surface area (Å²) in [5.74, 6) is 0.903. The van der Waals surface area contributed by atoms with Gasteiger partial charge in [-0.25, -0.2) is 0 Å². The highest BCUT2D eigenvalue weighted by atomic mass is 16.1. The second-order valence-corrected chi connectivity index (χ2v) is 5.36. The molecule has 0 aliphatic heterocycles. The van der Waals surface area contributed by atoms with Gasteiger partial charge in [0.15, 0.2) is 0 Å². The molecule has 0 bridgehead atoms. The van der Waals surface area contributed by atoms with Crippen molar-refractivity contribution in [3.8, 4) is 0 Å². The number of hydrogen-bond donors (Lipinski definition) is 1. The number of rotatable bonds is 4. The van der Waals surface area contributed by atoms with Gasteiger partial charge < -0.3 is 5.32 Å². The molecule has 1 aromatic rings. The molecule has 2 nitrogen and oxygen atoms in total. The summed E-state index contributed by atoms with van der Waals surface area (Å²) in [6.45, 7) is 2.80.